The van der Waals surface area contributed by atoms with Crippen LogP contribution in [0.1, 0.15) is 39.0 Å². The number of hydrogen-bond donors (Lipinski definition) is 0. The standard InChI is InChI=1S/C11H23O2/c1-3-4-10-13-11-8-6-5-7-9-12-2/h5H,3-4,6-11H2,1-2H3. The van der Waals surface area contributed by atoms with Gasteiger partial charge in [-0.25, -0.2) is 0 Å². The lowest BCUT2D eigenvalue weighted by molar-refractivity contribution is 0.128. The fourth-order valence-corrected chi connectivity index (χ4v) is 1.02. The predicted molar refractivity (Wildman–Crippen MR) is 55.8 cm³/mol. The number of methoxy groups -OCH3 is 1. The average Bonchev–Trinajstić information content (AvgIpc) is 2.16. The monoisotopic (exact) mass is 187 g/mol. The molecule has 0 amide bonds. The van der Waals surface area contributed by atoms with Gasteiger partial charge in [-0.3, -0.25) is 0 Å². The molecule has 2 nitrogen and oxygen atoms in total. The molecule has 0 bridgehead atoms. The first-order valence-electron chi connectivity index (χ1n) is 5.30. The van der Waals surface area contributed by atoms with Crippen molar-refractivity contribution in [1.29, 1.82) is 0 Å². The molecular weight excluding hydrogens is 164 g/mol. The molecule has 0 aliphatic heterocycles. The van der Waals surface area contributed by atoms with Crippen LogP contribution in [0.15, 0.2) is 0 Å². The van der Waals surface area contributed by atoms with Gasteiger partial charge in [0.05, 0.1) is 0 Å². The third kappa shape index (κ3) is 11.9. The van der Waals surface area contributed by atoms with Crippen LogP contribution in [0.25, 0.3) is 0 Å². The van der Waals surface area contributed by atoms with Crippen LogP contribution in [0.3, 0.4) is 0 Å². The lowest BCUT2D eigenvalue weighted by atomic mass is 10.2. The van der Waals surface area contributed by atoms with Crippen molar-refractivity contribution >= 4 is 0 Å². The molecule has 0 N–H and O–H groups in total. The van der Waals surface area contributed by atoms with Gasteiger partial charge in [-0.05, 0) is 32.1 Å². The van der Waals surface area contributed by atoms with E-state index in [0.717, 1.165) is 39.1 Å². The molecule has 0 unspecified atom stereocenters. The maximum atomic E-state index is 5.43. The third-order valence-electron chi connectivity index (χ3n) is 1.87. The Morgan fingerprint density at radius 1 is 1.00 bits per heavy atom. The van der Waals surface area contributed by atoms with Crippen molar-refractivity contribution in [1.82, 2.24) is 0 Å². The molecule has 2 heteroatoms. The molecule has 0 spiro atoms. The highest BCUT2D eigenvalue weighted by Gasteiger charge is 1.90. The fourth-order valence-electron chi connectivity index (χ4n) is 1.02. The minimum Gasteiger partial charge on any atom is -0.385 e. The van der Waals surface area contributed by atoms with Gasteiger partial charge >= 0.3 is 0 Å². The summed E-state index contributed by atoms with van der Waals surface area (Å²) in [4.78, 5) is 0. The Kier molecular flexibility index (Phi) is 11.8. The fraction of sp³-hybridized carbons (Fsp3) is 0.909. The van der Waals surface area contributed by atoms with Crippen molar-refractivity contribution in [3.63, 3.8) is 0 Å². The van der Waals surface area contributed by atoms with Crippen LogP contribution in [-0.2, 0) is 9.47 Å². The average molecular weight is 187 g/mol. The molecule has 0 aromatic heterocycles. The Hall–Kier alpha value is -0.0800. The first-order chi connectivity index (χ1) is 6.41. The summed E-state index contributed by atoms with van der Waals surface area (Å²) in [7, 11) is 1.74. The molecule has 0 fully saturated rings. The van der Waals surface area contributed by atoms with Crippen LogP contribution in [-0.4, -0.2) is 26.9 Å². The molecule has 0 aliphatic carbocycles. The van der Waals surface area contributed by atoms with Gasteiger partial charge in [-0.15, -0.1) is 0 Å². The van der Waals surface area contributed by atoms with E-state index < -0.39 is 0 Å². The maximum Gasteiger partial charge on any atom is 0.0466 e. The lowest BCUT2D eigenvalue weighted by Crippen LogP contribution is -1.97. The first-order valence-corrected chi connectivity index (χ1v) is 5.30. The molecule has 1 radical (unpaired) electrons. The van der Waals surface area contributed by atoms with Gasteiger partial charge in [0.1, 0.15) is 0 Å². The summed E-state index contributed by atoms with van der Waals surface area (Å²) in [6.07, 6.45) is 8.04. The van der Waals surface area contributed by atoms with E-state index in [1.54, 1.807) is 7.11 Å². The van der Waals surface area contributed by atoms with E-state index in [0.29, 0.717) is 0 Å². The number of hydrogen-bond acceptors (Lipinski definition) is 2. The van der Waals surface area contributed by atoms with Gasteiger partial charge in [0, 0.05) is 26.9 Å². The van der Waals surface area contributed by atoms with E-state index in [4.69, 9.17) is 9.47 Å². The molecule has 0 aromatic carbocycles. The number of rotatable bonds is 10. The Balaban J connectivity index is 2.76. The number of unbranched alkanes of at least 4 members (excludes halogenated alkanes) is 4. The first kappa shape index (κ1) is 12.9. The zero-order valence-corrected chi connectivity index (χ0v) is 9.05. The van der Waals surface area contributed by atoms with Gasteiger partial charge in [-0.2, -0.15) is 0 Å². The molecule has 79 valence electrons. The van der Waals surface area contributed by atoms with Crippen molar-refractivity contribution in [2.75, 3.05) is 26.9 Å². The van der Waals surface area contributed by atoms with Gasteiger partial charge in [0.25, 0.3) is 0 Å². The molecule has 0 saturated heterocycles. The molecule has 0 atom stereocenters. The van der Waals surface area contributed by atoms with Crippen molar-refractivity contribution < 1.29 is 9.47 Å². The van der Waals surface area contributed by atoms with E-state index in [1.807, 2.05) is 0 Å². The third-order valence-corrected chi connectivity index (χ3v) is 1.87. The maximum absolute atomic E-state index is 5.43. The summed E-state index contributed by atoms with van der Waals surface area (Å²) in [6.45, 7) is 4.86. The van der Waals surface area contributed by atoms with Crippen LogP contribution >= 0.6 is 0 Å². The van der Waals surface area contributed by atoms with E-state index >= 15 is 0 Å². The normalized spacial score (nSPS) is 10.6. The van der Waals surface area contributed by atoms with Crippen molar-refractivity contribution in [2.45, 2.75) is 39.0 Å². The Morgan fingerprint density at radius 2 is 1.77 bits per heavy atom. The summed E-state index contributed by atoms with van der Waals surface area (Å²) in [6, 6.07) is 0. The predicted octanol–water partition coefficient (Wildman–Crippen LogP) is 2.82. The van der Waals surface area contributed by atoms with Crippen LogP contribution in [0.2, 0.25) is 0 Å². The zero-order valence-electron chi connectivity index (χ0n) is 9.05. The van der Waals surface area contributed by atoms with Gasteiger partial charge in [0.2, 0.25) is 0 Å². The van der Waals surface area contributed by atoms with Crippen molar-refractivity contribution in [2.24, 2.45) is 0 Å². The Labute approximate surface area is 82.6 Å². The van der Waals surface area contributed by atoms with Crippen LogP contribution in [0, 0.1) is 6.42 Å². The second-order valence-electron chi connectivity index (χ2n) is 3.18. The molecular formula is C11H23O2. The summed E-state index contributed by atoms with van der Waals surface area (Å²) in [5.74, 6) is 0. The molecule has 0 saturated carbocycles. The van der Waals surface area contributed by atoms with E-state index in [9.17, 15) is 0 Å². The van der Waals surface area contributed by atoms with Crippen molar-refractivity contribution in [3.8, 4) is 0 Å². The summed E-state index contributed by atoms with van der Waals surface area (Å²) in [5, 5.41) is 0. The van der Waals surface area contributed by atoms with Gasteiger partial charge in [0.15, 0.2) is 0 Å². The topological polar surface area (TPSA) is 18.5 Å². The highest BCUT2D eigenvalue weighted by Crippen LogP contribution is 1.99. The van der Waals surface area contributed by atoms with Gasteiger partial charge < -0.3 is 9.47 Å². The van der Waals surface area contributed by atoms with Gasteiger partial charge in [-0.1, -0.05) is 13.3 Å². The second-order valence-corrected chi connectivity index (χ2v) is 3.18. The molecule has 0 aromatic rings. The smallest absolute Gasteiger partial charge is 0.0466 e. The summed E-state index contributed by atoms with van der Waals surface area (Å²) >= 11 is 0. The zero-order chi connectivity index (χ0) is 9.78. The SMILES string of the molecule is CCCCOCCC[CH]CCOC. The molecule has 13 heavy (non-hydrogen) atoms. The van der Waals surface area contributed by atoms with E-state index in [2.05, 4.69) is 13.3 Å². The summed E-state index contributed by atoms with van der Waals surface area (Å²) < 4.78 is 10.4. The minimum atomic E-state index is 0.844. The number of ether oxygens (including phenoxy) is 2. The Bertz CT molecular complexity index is 74.2. The van der Waals surface area contributed by atoms with Crippen molar-refractivity contribution in [3.05, 3.63) is 6.42 Å². The Morgan fingerprint density at radius 3 is 2.46 bits per heavy atom. The largest absolute Gasteiger partial charge is 0.385 e. The van der Waals surface area contributed by atoms with Crippen LogP contribution < -0.4 is 0 Å². The van der Waals surface area contributed by atoms with E-state index in [-0.39, 0.29) is 0 Å². The molecule has 0 aliphatic rings. The van der Waals surface area contributed by atoms with Crippen LogP contribution in [0.5, 0.6) is 0 Å². The molecule has 0 heterocycles. The highest BCUT2D eigenvalue weighted by atomic mass is 16.5. The molecule has 0 rings (SSSR count). The van der Waals surface area contributed by atoms with E-state index in [1.165, 1.54) is 12.8 Å². The van der Waals surface area contributed by atoms with Crippen LogP contribution in [0.4, 0.5) is 0 Å². The highest BCUT2D eigenvalue weighted by molar-refractivity contribution is 4.63. The quantitative estimate of drug-likeness (QED) is 0.490. The minimum absolute atomic E-state index is 0.844. The second kappa shape index (κ2) is 11.9. The summed E-state index contributed by atoms with van der Waals surface area (Å²) in [5.41, 5.74) is 0. The lowest BCUT2D eigenvalue weighted by Gasteiger charge is -2.02.